The van der Waals surface area contributed by atoms with Gasteiger partial charge in [0.1, 0.15) is 6.61 Å². The summed E-state index contributed by atoms with van der Waals surface area (Å²) < 4.78 is 32.8. The number of ether oxygens (including phenoxy) is 2. The van der Waals surface area contributed by atoms with Crippen LogP contribution in [0.25, 0.3) is 0 Å². The van der Waals surface area contributed by atoms with Gasteiger partial charge in [-0.2, -0.15) is 0 Å². The summed E-state index contributed by atoms with van der Waals surface area (Å²) in [6, 6.07) is 0. The van der Waals surface area contributed by atoms with Crippen molar-refractivity contribution >= 4 is 19.8 Å². The minimum absolute atomic E-state index is 0.0530. The normalized spacial score (nSPS) is 13.5. The van der Waals surface area contributed by atoms with E-state index < -0.39 is 32.5 Å². The molecule has 0 aromatic rings. The van der Waals surface area contributed by atoms with Crippen LogP contribution in [0.3, 0.4) is 0 Å². The van der Waals surface area contributed by atoms with Crippen LogP contribution in [0.1, 0.15) is 206 Å². The molecule has 0 fully saturated rings. The third-order valence-corrected chi connectivity index (χ3v) is 10.3. The lowest BCUT2D eigenvalue weighted by Crippen LogP contribution is -2.29. The van der Waals surface area contributed by atoms with Gasteiger partial charge in [-0.05, 0) is 38.5 Å². The summed E-state index contributed by atoms with van der Waals surface area (Å²) in [7, 11) is -4.37. The van der Waals surface area contributed by atoms with E-state index in [4.69, 9.17) is 24.3 Å². The van der Waals surface area contributed by atoms with Gasteiger partial charge in [-0.1, -0.05) is 179 Å². The van der Waals surface area contributed by atoms with Gasteiger partial charge < -0.3 is 20.1 Å². The standard InChI is InChI=1S/C43H82NO8P/c1-3-5-7-9-11-13-15-17-19-20-21-22-24-26-28-30-32-34-36-43(46)52-41(40-51-53(47,48)50-38-37-44)39-49-42(45)35-33-31-29-27-25-23-18-16-14-12-10-8-6-4-2/h10,12,16,18,41H,3-9,11,13-15,17,19-40,44H2,1-2H3,(H,47,48)/b12-10-,18-16-/t41-/m1/s1. The average Bonchev–Trinajstić information content (AvgIpc) is 3.14. The number of carbonyl (C=O) groups excluding carboxylic acids is 2. The zero-order chi connectivity index (χ0) is 38.9. The first-order chi connectivity index (χ1) is 25.8. The lowest BCUT2D eigenvalue weighted by atomic mass is 10.0. The third kappa shape index (κ3) is 40.0. The summed E-state index contributed by atoms with van der Waals surface area (Å²) in [5, 5.41) is 0. The van der Waals surface area contributed by atoms with Gasteiger partial charge in [0.05, 0.1) is 13.2 Å². The molecule has 0 saturated carbocycles. The minimum Gasteiger partial charge on any atom is -0.462 e. The number of nitrogens with two attached hydrogens (primary N) is 1. The van der Waals surface area contributed by atoms with Crippen molar-refractivity contribution in [2.45, 2.75) is 213 Å². The van der Waals surface area contributed by atoms with E-state index in [1.54, 1.807) is 0 Å². The van der Waals surface area contributed by atoms with Crippen LogP contribution in [0.2, 0.25) is 0 Å². The van der Waals surface area contributed by atoms with Gasteiger partial charge in [-0.3, -0.25) is 18.6 Å². The number of phosphoric acid groups is 1. The maximum Gasteiger partial charge on any atom is 0.472 e. The Morgan fingerprint density at radius 2 is 1.00 bits per heavy atom. The number of hydrogen-bond acceptors (Lipinski definition) is 8. The zero-order valence-electron chi connectivity index (χ0n) is 34.3. The molecule has 0 bridgehead atoms. The van der Waals surface area contributed by atoms with Crippen molar-refractivity contribution in [3.05, 3.63) is 24.3 Å². The Balaban J connectivity index is 4.13. The Labute approximate surface area is 325 Å². The van der Waals surface area contributed by atoms with Crippen molar-refractivity contribution < 1.29 is 37.6 Å². The first-order valence-corrected chi connectivity index (χ1v) is 23.3. The molecule has 0 heterocycles. The minimum atomic E-state index is -4.37. The highest BCUT2D eigenvalue weighted by Gasteiger charge is 2.26. The van der Waals surface area contributed by atoms with Crippen LogP contribution < -0.4 is 5.73 Å². The van der Waals surface area contributed by atoms with E-state index in [9.17, 15) is 19.0 Å². The fourth-order valence-electron chi connectivity index (χ4n) is 6.06. The molecule has 0 radical (unpaired) electrons. The molecule has 0 aliphatic carbocycles. The highest BCUT2D eigenvalue weighted by atomic mass is 31.2. The lowest BCUT2D eigenvalue weighted by Gasteiger charge is -2.19. The number of rotatable bonds is 41. The molecule has 0 aromatic carbocycles. The Morgan fingerprint density at radius 1 is 0.566 bits per heavy atom. The Kier molecular flexibility index (Phi) is 39.0. The van der Waals surface area contributed by atoms with Crippen LogP contribution in [-0.4, -0.2) is 49.3 Å². The Morgan fingerprint density at radius 3 is 1.49 bits per heavy atom. The number of hydrogen-bond donors (Lipinski definition) is 2. The summed E-state index contributed by atoms with van der Waals surface area (Å²) >= 11 is 0. The Hall–Kier alpha value is -1.51. The van der Waals surface area contributed by atoms with Crippen LogP contribution in [0, 0.1) is 0 Å². The fourth-order valence-corrected chi connectivity index (χ4v) is 6.83. The summed E-state index contributed by atoms with van der Waals surface area (Å²) in [6.45, 7) is 3.70. The maximum absolute atomic E-state index is 12.6. The van der Waals surface area contributed by atoms with Crippen LogP contribution in [0.5, 0.6) is 0 Å². The molecular weight excluding hydrogens is 689 g/mol. The number of carbonyl (C=O) groups is 2. The second-order valence-corrected chi connectivity index (χ2v) is 16.0. The van der Waals surface area contributed by atoms with E-state index in [0.717, 1.165) is 64.2 Å². The third-order valence-electron chi connectivity index (χ3n) is 9.34. The number of esters is 2. The van der Waals surface area contributed by atoms with Crippen molar-refractivity contribution in [1.29, 1.82) is 0 Å². The summed E-state index contributed by atoms with van der Waals surface area (Å²) in [4.78, 5) is 34.8. The van der Waals surface area contributed by atoms with E-state index in [1.165, 1.54) is 109 Å². The molecule has 9 nitrogen and oxygen atoms in total. The predicted octanol–water partition coefficient (Wildman–Crippen LogP) is 12.4. The predicted molar refractivity (Wildman–Crippen MR) is 220 cm³/mol. The van der Waals surface area contributed by atoms with Gasteiger partial charge in [0, 0.05) is 19.4 Å². The molecular formula is C43H82NO8P. The van der Waals surface area contributed by atoms with E-state index in [0.29, 0.717) is 6.42 Å². The molecule has 53 heavy (non-hydrogen) atoms. The molecule has 1 unspecified atom stereocenters. The van der Waals surface area contributed by atoms with Crippen LogP contribution in [0.4, 0.5) is 0 Å². The molecule has 0 aliphatic rings. The number of unbranched alkanes of at least 4 members (excludes halogenated alkanes) is 24. The molecule has 312 valence electrons. The second kappa shape index (κ2) is 40.2. The van der Waals surface area contributed by atoms with Crippen molar-refractivity contribution in [3.8, 4) is 0 Å². The zero-order valence-corrected chi connectivity index (χ0v) is 35.2. The molecule has 0 aliphatic heterocycles. The highest BCUT2D eigenvalue weighted by Crippen LogP contribution is 2.43. The smallest absolute Gasteiger partial charge is 0.462 e. The molecule has 10 heteroatoms. The molecule has 0 saturated heterocycles. The van der Waals surface area contributed by atoms with Gasteiger partial charge in [-0.15, -0.1) is 0 Å². The van der Waals surface area contributed by atoms with E-state index in [1.807, 2.05) is 0 Å². The van der Waals surface area contributed by atoms with Gasteiger partial charge in [0.15, 0.2) is 6.10 Å². The molecule has 3 N–H and O–H groups in total. The number of allylic oxidation sites excluding steroid dienone is 4. The molecule has 2 atom stereocenters. The molecule has 0 aromatic heterocycles. The van der Waals surface area contributed by atoms with Gasteiger partial charge in [0.2, 0.25) is 0 Å². The molecule has 0 rings (SSSR count). The van der Waals surface area contributed by atoms with Gasteiger partial charge in [0.25, 0.3) is 0 Å². The number of phosphoric ester groups is 1. The monoisotopic (exact) mass is 772 g/mol. The summed E-state index contributed by atoms with van der Waals surface area (Å²) in [5.41, 5.74) is 5.34. The Bertz CT molecular complexity index is 928. The first kappa shape index (κ1) is 51.5. The van der Waals surface area contributed by atoms with E-state index in [-0.39, 0.29) is 32.6 Å². The van der Waals surface area contributed by atoms with E-state index >= 15 is 0 Å². The van der Waals surface area contributed by atoms with Crippen LogP contribution in [0.15, 0.2) is 24.3 Å². The van der Waals surface area contributed by atoms with Gasteiger partial charge >= 0.3 is 19.8 Å². The largest absolute Gasteiger partial charge is 0.472 e. The fraction of sp³-hybridized carbons (Fsp3) is 0.860. The maximum atomic E-state index is 12.6. The van der Waals surface area contributed by atoms with Crippen molar-refractivity contribution in [3.63, 3.8) is 0 Å². The average molecular weight is 772 g/mol. The summed E-state index contributed by atoms with van der Waals surface area (Å²) in [5.74, 6) is -0.837. The SMILES string of the molecule is CCCC/C=C\C/C=C\CCCCCCCC(=O)OC[C@H](COP(=O)(O)OCCN)OC(=O)CCCCCCCCCCCCCCCCCCCC. The second-order valence-electron chi connectivity index (χ2n) is 14.6. The van der Waals surface area contributed by atoms with E-state index in [2.05, 4.69) is 38.2 Å². The van der Waals surface area contributed by atoms with Crippen molar-refractivity contribution in [2.75, 3.05) is 26.4 Å². The highest BCUT2D eigenvalue weighted by molar-refractivity contribution is 7.47. The molecule has 0 spiro atoms. The molecule has 0 amide bonds. The topological polar surface area (TPSA) is 134 Å². The first-order valence-electron chi connectivity index (χ1n) is 21.8. The lowest BCUT2D eigenvalue weighted by molar-refractivity contribution is -0.161. The van der Waals surface area contributed by atoms with Crippen LogP contribution >= 0.6 is 7.82 Å². The quantitative estimate of drug-likeness (QED) is 0.0269. The van der Waals surface area contributed by atoms with Gasteiger partial charge in [-0.25, -0.2) is 4.57 Å². The van der Waals surface area contributed by atoms with Crippen molar-refractivity contribution in [2.24, 2.45) is 5.73 Å². The van der Waals surface area contributed by atoms with Crippen LogP contribution in [-0.2, 0) is 32.7 Å². The summed E-state index contributed by atoms with van der Waals surface area (Å²) in [6.07, 6.45) is 42.0. The van der Waals surface area contributed by atoms with Crippen molar-refractivity contribution in [1.82, 2.24) is 0 Å².